The normalized spacial score (nSPS) is 20.3. The first-order valence-electron chi connectivity index (χ1n) is 7.62. The fraction of sp³-hybridized carbons (Fsp3) is 0.533. The molecule has 1 fully saturated rings. The van der Waals surface area contributed by atoms with Gasteiger partial charge in [0.15, 0.2) is 15.8 Å². The SMILES string of the molecule is CCNC(=NCCOc1cccc(F)c1)NC1CCS(=O)(=O)C1. The molecule has 1 atom stereocenters. The molecule has 0 aromatic heterocycles. The molecule has 0 amide bonds. The van der Waals surface area contributed by atoms with Gasteiger partial charge in [0, 0.05) is 18.7 Å². The van der Waals surface area contributed by atoms with Crippen molar-refractivity contribution in [2.75, 3.05) is 31.2 Å². The van der Waals surface area contributed by atoms with Crippen molar-refractivity contribution in [2.45, 2.75) is 19.4 Å². The highest BCUT2D eigenvalue weighted by Gasteiger charge is 2.28. The molecule has 0 spiro atoms. The van der Waals surface area contributed by atoms with Gasteiger partial charge >= 0.3 is 0 Å². The zero-order chi connectivity index (χ0) is 16.7. The molecule has 2 rings (SSSR count). The number of ether oxygens (including phenoxy) is 1. The third-order valence-electron chi connectivity index (χ3n) is 3.34. The highest BCUT2D eigenvalue weighted by Crippen LogP contribution is 2.12. The lowest BCUT2D eigenvalue weighted by Crippen LogP contribution is -2.44. The van der Waals surface area contributed by atoms with Crippen LogP contribution in [0.25, 0.3) is 0 Å². The monoisotopic (exact) mass is 343 g/mol. The lowest BCUT2D eigenvalue weighted by Gasteiger charge is -2.15. The van der Waals surface area contributed by atoms with Gasteiger partial charge in [0.05, 0.1) is 18.1 Å². The second kappa shape index (κ2) is 8.14. The fourth-order valence-electron chi connectivity index (χ4n) is 2.30. The van der Waals surface area contributed by atoms with Crippen LogP contribution in [-0.2, 0) is 9.84 Å². The van der Waals surface area contributed by atoms with Crippen molar-refractivity contribution in [2.24, 2.45) is 4.99 Å². The van der Waals surface area contributed by atoms with Crippen LogP contribution >= 0.6 is 0 Å². The van der Waals surface area contributed by atoms with E-state index in [0.717, 1.165) is 0 Å². The Morgan fingerprint density at radius 2 is 2.30 bits per heavy atom. The van der Waals surface area contributed by atoms with E-state index >= 15 is 0 Å². The van der Waals surface area contributed by atoms with Gasteiger partial charge in [-0.05, 0) is 25.5 Å². The van der Waals surface area contributed by atoms with Crippen molar-refractivity contribution in [1.82, 2.24) is 10.6 Å². The number of nitrogens with zero attached hydrogens (tertiary/aromatic N) is 1. The highest BCUT2D eigenvalue weighted by atomic mass is 32.2. The molecule has 1 heterocycles. The number of benzene rings is 1. The first-order valence-corrected chi connectivity index (χ1v) is 9.44. The van der Waals surface area contributed by atoms with E-state index in [1.54, 1.807) is 12.1 Å². The molecule has 0 bridgehead atoms. The van der Waals surface area contributed by atoms with Crippen molar-refractivity contribution < 1.29 is 17.5 Å². The van der Waals surface area contributed by atoms with Crippen LogP contribution in [0.3, 0.4) is 0 Å². The minimum atomic E-state index is -2.93. The minimum absolute atomic E-state index is 0.109. The van der Waals surface area contributed by atoms with Crippen molar-refractivity contribution in [3.8, 4) is 5.75 Å². The summed E-state index contributed by atoms with van der Waals surface area (Å²) < 4.78 is 41.4. The molecule has 0 aliphatic carbocycles. The third-order valence-corrected chi connectivity index (χ3v) is 5.11. The Morgan fingerprint density at radius 3 is 2.96 bits per heavy atom. The molecule has 6 nitrogen and oxygen atoms in total. The van der Waals surface area contributed by atoms with Crippen LogP contribution in [0.1, 0.15) is 13.3 Å². The molecule has 8 heteroatoms. The molecule has 1 unspecified atom stereocenters. The summed E-state index contributed by atoms with van der Waals surface area (Å²) in [7, 11) is -2.93. The maximum absolute atomic E-state index is 13.0. The number of rotatable bonds is 6. The maximum atomic E-state index is 13.0. The van der Waals surface area contributed by atoms with Gasteiger partial charge in [-0.15, -0.1) is 0 Å². The van der Waals surface area contributed by atoms with Crippen LogP contribution in [0.2, 0.25) is 0 Å². The summed E-state index contributed by atoms with van der Waals surface area (Å²) in [6.07, 6.45) is 0.590. The molecular weight excluding hydrogens is 321 g/mol. The summed E-state index contributed by atoms with van der Waals surface area (Å²) in [5, 5.41) is 6.20. The predicted octanol–water partition coefficient (Wildman–Crippen LogP) is 0.947. The Kier molecular flexibility index (Phi) is 6.20. The third kappa shape index (κ3) is 6.05. The Balaban J connectivity index is 1.81. The lowest BCUT2D eigenvalue weighted by molar-refractivity contribution is 0.326. The average Bonchev–Trinajstić information content (AvgIpc) is 2.83. The van der Waals surface area contributed by atoms with Gasteiger partial charge in [0.1, 0.15) is 18.2 Å². The van der Waals surface area contributed by atoms with Gasteiger partial charge in [-0.25, -0.2) is 17.8 Å². The van der Waals surface area contributed by atoms with Gasteiger partial charge in [0.25, 0.3) is 0 Å². The topological polar surface area (TPSA) is 79.8 Å². The fourth-order valence-corrected chi connectivity index (χ4v) is 3.97. The van der Waals surface area contributed by atoms with Crippen molar-refractivity contribution >= 4 is 15.8 Å². The Labute approximate surface area is 136 Å². The number of hydrogen-bond acceptors (Lipinski definition) is 4. The summed E-state index contributed by atoms with van der Waals surface area (Å²) in [5.41, 5.74) is 0. The van der Waals surface area contributed by atoms with E-state index in [9.17, 15) is 12.8 Å². The summed E-state index contributed by atoms with van der Waals surface area (Å²) in [6, 6.07) is 5.83. The van der Waals surface area contributed by atoms with Crippen molar-refractivity contribution in [3.63, 3.8) is 0 Å². The number of sulfone groups is 1. The Morgan fingerprint density at radius 1 is 1.48 bits per heavy atom. The summed E-state index contributed by atoms with van der Waals surface area (Å²) in [4.78, 5) is 4.34. The van der Waals surface area contributed by atoms with Crippen LogP contribution in [0.5, 0.6) is 5.75 Å². The molecule has 2 N–H and O–H groups in total. The predicted molar refractivity (Wildman–Crippen MR) is 88.1 cm³/mol. The maximum Gasteiger partial charge on any atom is 0.191 e. The molecule has 0 radical (unpaired) electrons. The second-order valence-electron chi connectivity index (χ2n) is 5.31. The number of aliphatic imine (C=N–C) groups is 1. The number of halogens is 1. The van der Waals surface area contributed by atoms with Crippen LogP contribution in [0.4, 0.5) is 4.39 Å². The zero-order valence-corrected chi connectivity index (χ0v) is 13.9. The second-order valence-corrected chi connectivity index (χ2v) is 7.54. The van der Waals surface area contributed by atoms with Gasteiger partial charge in [0.2, 0.25) is 0 Å². The summed E-state index contributed by atoms with van der Waals surface area (Å²) in [5.74, 6) is 1.03. The average molecular weight is 343 g/mol. The van der Waals surface area contributed by atoms with Crippen molar-refractivity contribution in [3.05, 3.63) is 30.1 Å². The first kappa shape index (κ1) is 17.5. The number of guanidine groups is 1. The molecule has 0 saturated carbocycles. The van der Waals surface area contributed by atoms with E-state index < -0.39 is 9.84 Å². The zero-order valence-electron chi connectivity index (χ0n) is 13.1. The van der Waals surface area contributed by atoms with Gasteiger partial charge in [-0.3, -0.25) is 0 Å². The molecule has 128 valence electrons. The highest BCUT2D eigenvalue weighted by molar-refractivity contribution is 7.91. The number of nitrogens with one attached hydrogen (secondary N) is 2. The largest absolute Gasteiger partial charge is 0.492 e. The molecule has 1 aliphatic rings. The van der Waals surface area contributed by atoms with E-state index in [1.165, 1.54) is 12.1 Å². The van der Waals surface area contributed by atoms with E-state index in [0.29, 0.717) is 37.8 Å². The van der Waals surface area contributed by atoms with Crippen molar-refractivity contribution in [1.29, 1.82) is 0 Å². The van der Waals surface area contributed by atoms with Crippen LogP contribution in [0.15, 0.2) is 29.3 Å². The minimum Gasteiger partial charge on any atom is -0.492 e. The molecule has 1 aromatic carbocycles. The van der Waals surface area contributed by atoms with E-state index in [1.807, 2.05) is 6.92 Å². The van der Waals surface area contributed by atoms with Gasteiger partial charge in [-0.1, -0.05) is 6.07 Å². The van der Waals surface area contributed by atoms with Crippen LogP contribution in [-0.4, -0.2) is 51.6 Å². The Hall–Kier alpha value is -1.83. The molecule has 1 saturated heterocycles. The number of hydrogen-bond donors (Lipinski definition) is 2. The molecular formula is C15H22FN3O3S. The van der Waals surface area contributed by atoms with Gasteiger partial charge in [-0.2, -0.15) is 0 Å². The van der Waals surface area contributed by atoms with Crippen LogP contribution in [0, 0.1) is 5.82 Å². The van der Waals surface area contributed by atoms with Gasteiger partial charge < -0.3 is 15.4 Å². The smallest absolute Gasteiger partial charge is 0.191 e. The summed E-state index contributed by atoms with van der Waals surface area (Å²) >= 11 is 0. The van der Waals surface area contributed by atoms with E-state index in [-0.39, 0.29) is 23.4 Å². The molecule has 23 heavy (non-hydrogen) atoms. The molecule has 1 aromatic rings. The Bertz CT molecular complexity index is 649. The van der Waals surface area contributed by atoms with Crippen LogP contribution < -0.4 is 15.4 Å². The quantitative estimate of drug-likeness (QED) is 0.457. The molecule has 1 aliphatic heterocycles. The van der Waals surface area contributed by atoms with E-state index in [4.69, 9.17) is 4.74 Å². The first-order chi connectivity index (χ1) is 11.0. The lowest BCUT2D eigenvalue weighted by atomic mass is 10.3. The standard InChI is InChI=1S/C15H22FN3O3S/c1-2-17-15(19-13-6-9-23(20,21)11-13)18-7-8-22-14-5-3-4-12(16)10-14/h3-5,10,13H,2,6-9,11H2,1H3,(H2,17,18,19). The summed E-state index contributed by atoms with van der Waals surface area (Å²) in [6.45, 7) is 3.30. The van der Waals surface area contributed by atoms with E-state index in [2.05, 4.69) is 15.6 Å².